The van der Waals surface area contributed by atoms with Gasteiger partial charge in [-0.15, -0.1) is 0 Å². The Morgan fingerprint density at radius 3 is 2.61 bits per heavy atom. The average Bonchev–Trinajstić information content (AvgIpc) is 2.67. The maximum atomic E-state index is 13.5. The Labute approximate surface area is 163 Å². The zero-order chi connectivity index (χ0) is 20.1. The summed E-state index contributed by atoms with van der Waals surface area (Å²) >= 11 is -1.93. The first-order chi connectivity index (χ1) is 13.5. The molecule has 0 aliphatic rings. The molecular weight excluding hydrogens is 383 g/mol. The van der Waals surface area contributed by atoms with Gasteiger partial charge in [0, 0.05) is 5.56 Å². The smallest absolute Gasteiger partial charge is 0.314 e. The minimum absolute atomic E-state index is 0.0267. The van der Waals surface area contributed by atoms with E-state index in [1.807, 2.05) is 6.92 Å². The summed E-state index contributed by atoms with van der Waals surface area (Å²) in [6.45, 7) is 2.27. The summed E-state index contributed by atoms with van der Waals surface area (Å²) < 4.78 is 40.3. The average molecular weight is 402 g/mol. The highest BCUT2D eigenvalue weighted by molar-refractivity contribution is 7.78. The van der Waals surface area contributed by atoms with Crippen LogP contribution in [0.15, 0.2) is 59.5 Å². The molecule has 0 aliphatic carbocycles. The Morgan fingerprint density at radius 1 is 1.21 bits per heavy atom. The molecule has 1 atom stereocenters. The van der Waals surface area contributed by atoms with Crippen LogP contribution in [0.2, 0.25) is 0 Å². The molecule has 0 saturated carbocycles. The monoisotopic (exact) mass is 402 g/mol. The van der Waals surface area contributed by atoms with Gasteiger partial charge in [0.2, 0.25) is 0 Å². The molecular formula is C20H19FN2O4S. The predicted octanol–water partition coefficient (Wildman–Crippen LogP) is 3.55. The number of nitrogens with zero attached hydrogens (tertiary/aromatic N) is 2. The van der Waals surface area contributed by atoms with Crippen molar-refractivity contribution in [3.63, 3.8) is 0 Å². The number of aromatic nitrogens is 2. The van der Waals surface area contributed by atoms with Crippen molar-refractivity contribution in [2.24, 2.45) is 0 Å². The highest BCUT2D eigenvalue weighted by atomic mass is 32.2. The number of benzene rings is 2. The van der Waals surface area contributed by atoms with Gasteiger partial charge in [0.15, 0.2) is 16.8 Å². The molecule has 28 heavy (non-hydrogen) atoms. The first kappa shape index (κ1) is 19.9. The molecule has 0 saturated heterocycles. The summed E-state index contributed by atoms with van der Waals surface area (Å²) in [6, 6.07) is 12.5. The van der Waals surface area contributed by atoms with Gasteiger partial charge in [-0.25, -0.2) is 8.60 Å². The molecule has 0 bridgehead atoms. The van der Waals surface area contributed by atoms with E-state index >= 15 is 0 Å². The Balaban J connectivity index is 2.07. The number of hydrogen-bond donors (Lipinski definition) is 1. The lowest BCUT2D eigenvalue weighted by molar-refractivity contribution is 0.312. The van der Waals surface area contributed by atoms with Crippen molar-refractivity contribution >= 4 is 11.1 Å². The summed E-state index contributed by atoms with van der Waals surface area (Å²) in [5.41, 5.74) is 1.70. The largest absolute Gasteiger partial charge is 0.487 e. The molecule has 0 amide bonds. The van der Waals surface area contributed by atoms with E-state index in [9.17, 15) is 13.4 Å². The van der Waals surface area contributed by atoms with Gasteiger partial charge in [0.05, 0.1) is 24.2 Å². The van der Waals surface area contributed by atoms with E-state index in [4.69, 9.17) is 9.29 Å². The molecule has 0 aliphatic heterocycles. The van der Waals surface area contributed by atoms with E-state index < -0.39 is 22.5 Å². The van der Waals surface area contributed by atoms with E-state index in [1.165, 1.54) is 24.4 Å². The fraction of sp³-hybridized carbons (Fsp3) is 0.200. The van der Waals surface area contributed by atoms with E-state index in [0.29, 0.717) is 35.4 Å². The van der Waals surface area contributed by atoms with Crippen LogP contribution in [0.25, 0.3) is 16.8 Å². The molecule has 3 aromatic rings. The molecule has 8 heteroatoms. The second kappa shape index (κ2) is 8.90. The van der Waals surface area contributed by atoms with Gasteiger partial charge in [0.1, 0.15) is 5.82 Å². The number of halogens is 1. The Hall–Kier alpha value is -2.84. The third-order valence-electron chi connectivity index (χ3n) is 3.99. The molecule has 6 nitrogen and oxygen atoms in total. The number of ether oxygens (including phenoxy) is 1. The van der Waals surface area contributed by atoms with Crippen molar-refractivity contribution < 1.29 is 17.9 Å². The predicted molar refractivity (Wildman–Crippen MR) is 105 cm³/mol. The summed E-state index contributed by atoms with van der Waals surface area (Å²) in [4.78, 5) is 13.0. The highest BCUT2D eigenvalue weighted by Crippen LogP contribution is 2.27. The van der Waals surface area contributed by atoms with Gasteiger partial charge in [-0.3, -0.25) is 4.79 Å². The molecule has 0 fully saturated rings. The van der Waals surface area contributed by atoms with Crippen LogP contribution in [-0.2, 0) is 16.8 Å². The molecule has 3 rings (SSSR count). The topological polar surface area (TPSA) is 81.4 Å². The molecule has 2 aromatic carbocycles. The summed E-state index contributed by atoms with van der Waals surface area (Å²) in [6.07, 6.45) is 2.21. The fourth-order valence-corrected chi connectivity index (χ4v) is 3.18. The van der Waals surface area contributed by atoms with Crippen LogP contribution in [0.1, 0.15) is 18.9 Å². The molecule has 0 radical (unpaired) electrons. The highest BCUT2D eigenvalue weighted by Gasteiger charge is 2.16. The third kappa shape index (κ3) is 4.52. The molecule has 1 aromatic heterocycles. The third-order valence-corrected chi connectivity index (χ3v) is 4.57. The standard InChI is InChI=1S/C20H19FN2O4S/c1-2-10-27-19-18(15-8-6-14(7-9-15)13-28(25)26)12-22-23(20(19)24)17-5-3-4-16(21)11-17/h3-9,11-12H,2,10,13H2,1H3,(H,25,26). The van der Waals surface area contributed by atoms with E-state index in [-0.39, 0.29) is 11.5 Å². The van der Waals surface area contributed by atoms with Crippen molar-refractivity contribution in [1.29, 1.82) is 0 Å². The Bertz CT molecular complexity index is 1050. The number of rotatable bonds is 7. The lowest BCUT2D eigenvalue weighted by Crippen LogP contribution is -2.24. The number of hydrogen-bond acceptors (Lipinski definition) is 4. The fourth-order valence-electron chi connectivity index (χ4n) is 2.70. The van der Waals surface area contributed by atoms with Gasteiger partial charge in [-0.05, 0) is 35.7 Å². The van der Waals surface area contributed by atoms with Gasteiger partial charge in [0.25, 0.3) is 0 Å². The SMILES string of the molecule is CCCOc1c(-c2ccc(CS(=O)O)cc2)cnn(-c2cccc(F)c2)c1=O. The molecule has 1 unspecified atom stereocenters. The van der Waals surface area contributed by atoms with Crippen molar-refractivity contribution in [1.82, 2.24) is 9.78 Å². The summed E-state index contributed by atoms with van der Waals surface area (Å²) in [5, 5.41) is 4.17. The second-order valence-corrected chi connectivity index (χ2v) is 7.03. The quantitative estimate of drug-likeness (QED) is 0.611. The van der Waals surface area contributed by atoms with E-state index in [1.54, 1.807) is 30.3 Å². The van der Waals surface area contributed by atoms with Crippen LogP contribution >= 0.6 is 0 Å². The second-order valence-electron chi connectivity index (χ2n) is 6.10. The zero-order valence-corrected chi connectivity index (χ0v) is 16.0. The molecule has 0 spiro atoms. The van der Waals surface area contributed by atoms with Crippen molar-refractivity contribution in [3.8, 4) is 22.6 Å². The van der Waals surface area contributed by atoms with Crippen LogP contribution in [-0.4, -0.2) is 25.1 Å². The van der Waals surface area contributed by atoms with Gasteiger partial charge < -0.3 is 9.29 Å². The van der Waals surface area contributed by atoms with Crippen molar-refractivity contribution in [2.45, 2.75) is 19.1 Å². The van der Waals surface area contributed by atoms with Crippen LogP contribution < -0.4 is 10.3 Å². The van der Waals surface area contributed by atoms with E-state index in [2.05, 4.69) is 5.10 Å². The van der Waals surface area contributed by atoms with Gasteiger partial charge in [-0.1, -0.05) is 37.3 Å². The van der Waals surface area contributed by atoms with Crippen molar-refractivity contribution in [3.05, 3.63) is 76.5 Å². The van der Waals surface area contributed by atoms with Crippen molar-refractivity contribution in [2.75, 3.05) is 6.61 Å². The van der Waals surface area contributed by atoms with Gasteiger partial charge >= 0.3 is 5.56 Å². The Morgan fingerprint density at radius 2 is 1.96 bits per heavy atom. The molecule has 146 valence electrons. The maximum Gasteiger partial charge on any atom is 0.314 e. The lowest BCUT2D eigenvalue weighted by atomic mass is 10.1. The lowest BCUT2D eigenvalue weighted by Gasteiger charge is -2.13. The minimum atomic E-state index is -1.93. The first-order valence-electron chi connectivity index (χ1n) is 8.67. The van der Waals surface area contributed by atoms with Crippen LogP contribution in [0.5, 0.6) is 5.75 Å². The normalized spacial score (nSPS) is 12.0. The summed E-state index contributed by atoms with van der Waals surface area (Å²) in [7, 11) is 0. The Kier molecular flexibility index (Phi) is 6.33. The van der Waals surface area contributed by atoms with Crippen LogP contribution in [0.3, 0.4) is 0 Å². The van der Waals surface area contributed by atoms with Crippen LogP contribution in [0.4, 0.5) is 4.39 Å². The van der Waals surface area contributed by atoms with E-state index in [0.717, 1.165) is 4.68 Å². The van der Waals surface area contributed by atoms with Crippen LogP contribution in [0, 0.1) is 5.82 Å². The molecule has 1 N–H and O–H groups in total. The maximum absolute atomic E-state index is 13.5. The van der Waals surface area contributed by atoms with Gasteiger partial charge in [-0.2, -0.15) is 9.78 Å². The minimum Gasteiger partial charge on any atom is -0.487 e. The summed E-state index contributed by atoms with van der Waals surface area (Å²) in [5.74, 6) is -0.318. The zero-order valence-electron chi connectivity index (χ0n) is 15.2. The molecule has 1 heterocycles. The first-order valence-corrected chi connectivity index (χ1v) is 9.95.